The fourth-order valence-electron chi connectivity index (χ4n) is 2.23. The molecule has 1 aliphatic heterocycles. The number of furan rings is 1. The van der Waals surface area contributed by atoms with E-state index in [1.807, 2.05) is 0 Å². The highest BCUT2D eigenvalue weighted by molar-refractivity contribution is 5.91. The van der Waals surface area contributed by atoms with E-state index in [9.17, 15) is 9.59 Å². The van der Waals surface area contributed by atoms with Crippen molar-refractivity contribution in [1.29, 1.82) is 0 Å². The third-order valence-electron chi connectivity index (χ3n) is 3.32. The first kappa shape index (κ1) is 14.4. The lowest BCUT2D eigenvalue weighted by atomic mass is 10.1. The molecule has 2 heterocycles. The van der Waals surface area contributed by atoms with Gasteiger partial charge in [-0.25, -0.2) is 4.79 Å². The molecule has 20 heavy (non-hydrogen) atoms. The molecule has 1 N–H and O–H groups in total. The molecule has 0 atom stereocenters. The van der Waals surface area contributed by atoms with Crippen molar-refractivity contribution in [3.05, 3.63) is 23.7 Å². The Bertz CT molecular complexity index is 475. The summed E-state index contributed by atoms with van der Waals surface area (Å²) in [5.74, 6) is 0.843. The topological polar surface area (TPSA) is 71.8 Å². The van der Waals surface area contributed by atoms with E-state index in [-0.39, 0.29) is 18.0 Å². The van der Waals surface area contributed by atoms with E-state index < -0.39 is 0 Å². The second-order valence-electron chi connectivity index (χ2n) is 4.84. The minimum atomic E-state index is -0.279. The van der Waals surface area contributed by atoms with Crippen LogP contribution in [0.4, 0.5) is 4.79 Å². The van der Waals surface area contributed by atoms with Gasteiger partial charge in [0.1, 0.15) is 5.76 Å². The summed E-state index contributed by atoms with van der Waals surface area (Å²) in [4.78, 5) is 25.2. The van der Waals surface area contributed by atoms with Crippen LogP contribution in [0.5, 0.6) is 0 Å². The number of rotatable bonds is 3. The van der Waals surface area contributed by atoms with Crippen molar-refractivity contribution < 1.29 is 18.7 Å². The molecule has 0 aromatic carbocycles. The normalized spacial score (nSPS) is 16.0. The zero-order valence-electron chi connectivity index (χ0n) is 11.8. The van der Waals surface area contributed by atoms with Gasteiger partial charge in [-0.1, -0.05) is 0 Å². The van der Waals surface area contributed by atoms with E-state index in [0.717, 1.165) is 12.8 Å². The van der Waals surface area contributed by atoms with Crippen molar-refractivity contribution in [3.8, 4) is 0 Å². The maximum absolute atomic E-state index is 11.9. The van der Waals surface area contributed by atoms with Crippen molar-refractivity contribution in [2.75, 3.05) is 19.7 Å². The second kappa shape index (κ2) is 6.45. The lowest BCUT2D eigenvalue weighted by molar-refractivity contribution is 0.0839. The van der Waals surface area contributed by atoms with Crippen molar-refractivity contribution in [3.63, 3.8) is 0 Å². The van der Waals surface area contributed by atoms with Crippen LogP contribution in [-0.2, 0) is 4.74 Å². The Balaban J connectivity index is 1.80. The molecule has 0 spiro atoms. The predicted octanol–water partition coefficient (Wildman–Crippen LogP) is 1.94. The monoisotopic (exact) mass is 280 g/mol. The molecule has 2 amide bonds. The van der Waals surface area contributed by atoms with Crippen molar-refractivity contribution in [1.82, 2.24) is 10.2 Å². The highest BCUT2D eigenvalue weighted by Crippen LogP contribution is 2.13. The zero-order valence-corrected chi connectivity index (χ0v) is 11.8. The summed E-state index contributed by atoms with van der Waals surface area (Å²) < 4.78 is 10.2. The molecule has 0 saturated carbocycles. The minimum absolute atomic E-state index is 0.0681. The molecule has 110 valence electrons. The average molecular weight is 280 g/mol. The molecule has 1 fully saturated rings. The van der Waals surface area contributed by atoms with Gasteiger partial charge >= 0.3 is 6.09 Å². The van der Waals surface area contributed by atoms with Crippen LogP contribution in [0.1, 0.15) is 36.1 Å². The number of nitrogens with zero attached hydrogens (tertiary/aromatic N) is 1. The van der Waals surface area contributed by atoms with Crippen molar-refractivity contribution in [2.45, 2.75) is 32.7 Å². The number of carbonyl (C=O) groups excluding carboxylic acids is 2. The second-order valence-corrected chi connectivity index (χ2v) is 4.84. The summed E-state index contributed by atoms with van der Waals surface area (Å²) in [7, 11) is 0. The Morgan fingerprint density at radius 2 is 2.10 bits per heavy atom. The molecular formula is C14H20N2O4. The number of carbonyl (C=O) groups is 2. The number of amides is 2. The van der Waals surface area contributed by atoms with Crippen LogP contribution in [0.3, 0.4) is 0 Å². The smallest absolute Gasteiger partial charge is 0.409 e. The van der Waals surface area contributed by atoms with E-state index in [4.69, 9.17) is 9.15 Å². The van der Waals surface area contributed by atoms with E-state index in [1.165, 1.54) is 0 Å². The minimum Gasteiger partial charge on any atom is -0.456 e. The Hall–Kier alpha value is -1.98. The van der Waals surface area contributed by atoms with Gasteiger partial charge in [-0.15, -0.1) is 0 Å². The molecular weight excluding hydrogens is 260 g/mol. The largest absolute Gasteiger partial charge is 0.456 e. The third kappa shape index (κ3) is 3.53. The summed E-state index contributed by atoms with van der Waals surface area (Å²) in [5, 5.41) is 2.93. The maximum Gasteiger partial charge on any atom is 0.409 e. The lowest BCUT2D eigenvalue weighted by Crippen LogP contribution is -2.46. The highest BCUT2D eigenvalue weighted by atomic mass is 16.6. The lowest BCUT2D eigenvalue weighted by Gasteiger charge is -2.31. The maximum atomic E-state index is 11.9. The standard InChI is InChI=1S/C14H20N2O4/c1-3-19-14(18)16-8-6-11(7-9-16)15-13(17)12-5-4-10(2)20-12/h4-5,11H,3,6-9H2,1-2H3,(H,15,17). The van der Waals surface area contributed by atoms with Crippen molar-refractivity contribution >= 4 is 12.0 Å². The van der Waals surface area contributed by atoms with Crippen molar-refractivity contribution in [2.24, 2.45) is 0 Å². The molecule has 0 bridgehead atoms. The number of hydrogen-bond acceptors (Lipinski definition) is 4. The van der Waals surface area contributed by atoms with Gasteiger partial charge in [-0.2, -0.15) is 0 Å². The highest BCUT2D eigenvalue weighted by Gasteiger charge is 2.25. The summed E-state index contributed by atoms with van der Waals surface area (Å²) >= 11 is 0. The Morgan fingerprint density at radius 1 is 1.40 bits per heavy atom. The summed E-state index contributed by atoms with van der Waals surface area (Å²) in [5.41, 5.74) is 0. The first-order valence-corrected chi connectivity index (χ1v) is 6.89. The van der Waals surface area contributed by atoms with Gasteiger partial charge in [0.2, 0.25) is 0 Å². The third-order valence-corrected chi connectivity index (χ3v) is 3.32. The molecule has 6 heteroatoms. The van der Waals surface area contributed by atoms with E-state index >= 15 is 0 Å². The van der Waals surface area contributed by atoms with Crippen LogP contribution in [0.15, 0.2) is 16.5 Å². The van der Waals surface area contributed by atoms with E-state index in [0.29, 0.717) is 31.2 Å². The van der Waals surface area contributed by atoms with Crippen LogP contribution in [-0.4, -0.2) is 42.6 Å². The van der Waals surface area contributed by atoms with Gasteiger partial charge in [0.05, 0.1) is 6.61 Å². The van der Waals surface area contributed by atoms with E-state index in [2.05, 4.69) is 5.32 Å². The average Bonchev–Trinajstić information content (AvgIpc) is 2.86. The predicted molar refractivity (Wildman–Crippen MR) is 72.5 cm³/mol. The number of hydrogen-bond donors (Lipinski definition) is 1. The van der Waals surface area contributed by atoms with Gasteiger partial charge in [0, 0.05) is 19.1 Å². The van der Waals surface area contributed by atoms with Crippen LogP contribution in [0.25, 0.3) is 0 Å². The Kier molecular flexibility index (Phi) is 4.65. The molecule has 1 aromatic rings. The van der Waals surface area contributed by atoms with Gasteiger partial charge in [0.25, 0.3) is 5.91 Å². The molecule has 1 saturated heterocycles. The number of aryl methyl sites for hydroxylation is 1. The van der Waals surface area contributed by atoms with Gasteiger partial charge in [0.15, 0.2) is 5.76 Å². The molecule has 1 aromatic heterocycles. The molecule has 0 radical (unpaired) electrons. The molecule has 0 aliphatic carbocycles. The number of likely N-dealkylation sites (tertiary alicyclic amines) is 1. The Labute approximate surface area is 118 Å². The fraction of sp³-hybridized carbons (Fsp3) is 0.571. The fourth-order valence-corrected chi connectivity index (χ4v) is 2.23. The SMILES string of the molecule is CCOC(=O)N1CCC(NC(=O)c2ccc(C)o2)CC1. The first-order chi connectivity index (χ1) is 9.60. The Morgan fingerprint density at radius 3 is 2.65 bits per heavy atom. The van der Waals surface area contributed by atoms with Crippen LogP contribution in [0, 0.1) is 6.92 Å². The van der Waals surface area contributed by atoms with Gasteiger partial charge < -0.3 is 19.4 Å². The van der Waals surface area contributed by atoms with E-state index in [1.54, 1.807) is 30.9 Å². The number of piperidine rings is 1. The summed E-state index contributed by atoms with van der Waals surface area (Å²) in [6.07, 6.45) is 1.17. The van der Waals surface area contributed by atoms with Gasteiger partial charge in [-0.3, -0.25) is 4.79 Å². The summed E-state index contributed by atoms with van der Waals surface area (Å²) in [6.45, 7) is 5.17. The number of ether oxygens (including phenoxy) is 1. The first-order valence-electron chi connectivity index (χ1n) is 6.89. The molecule has 6 nitrogen and oxygen atoms in total. The van der Waals surface area contributed by atoms with Crippen LogP contribution in [0.2, 0.25) is 0 Å². The molecule has 1 aliphatic rings. The summed E-state index contributed by atoms with van der Waals surface area (Å²) in [6, 6.07) is 3.50. The van der Waals surface area contributed by atoms with Crippen LogP contribution >= 0.6 is 0 Å². The zero-order chi connectivity index (χ0) is 14.5. The number of nitrogens with one attached hydrogen (secondary N) is 1. The molecule has 0 unspecified atom stereocenters. The van der Waals surface area contributed by atoms with Gasteiger partial charge in [-0.05, 0) is 38.8 Å². The van der Waals surface area contributed by atoms with Crippen LogP contribution < -0.4 is 5.32 Å². The molecule has 2 rings (SSSR count). The quantitative estimate of drug-likeness (QED) is 0.918.